The molecule has 1 atom stereocenters. The molecule has 0 aromatic rings. The molecule has 0 aliphatic heterocycles. The third-order valence-electron chi connectivity index (χ3n) is 0.423. The van der Waals surface area contributed by atoms with Crippen LogP contribution in [0.1, 0.15) is 0 Å². The van der Waals surface area contributed by atoms with E-state index in [2.05, 4.69) is 4.52 Å². The van der Waals surface area contributed by atoms with E-state index in [-0.39, 0.29) is 0 Å². The maximum Gasteiger partial charge on any atom is 0.357 e. The van der Waals surface area contributed by atoms with Gasteiger partial charge in [-0.1, -0.05) is 0 Å². The second-order valence-corrected chi connectivity index (χ2v) is 2.91. The molecule has 0 radical (unpaired) electrons. The van der Waals surface area contributed by atoms with Gasteiger partial charge in [-0.15, -0.1) is 0 Å². The smallest absolute Gasteiger partial charge is 0.357 e. The standard InChI is InChI=1S/C2H5F2O4P/c3-2(4)8-9(6,7)1-5/h2,5H,1H2,(H,6,7). The molecule has 0 rings (SSSR count). The molecule has 0 aliphatic rings. The van der Waals surface area contributed by atoms with Crippen LogP contribution in [0.5, 0.6) is 0 Å². The summed E-state index contributed by atoms with van der Waals surface area (Å²) in [4.78, 5) is 8.10. The van der Waals surface area contributed by atoms with E-state index < -0.39 is 20.6 Å². The molecule has 0 aliphatic carbocycles. The van der Waals surface area contributed by atoms with Crippen molar-refractivity contribution in [3.8, 4) is 0 Å². The first-order chi connectivity index (χ1) is 3.98. The van der Waals surface area contributed by atoms with Gasteiger partial charge in [0.25, 0.3) is 0 Å². The highest BCUT2D eigenvalue weighted by Gasteiger charge is 2.22. The average molecular weight is 162 g/mol. The third kappa shape index (κ3) is 4.47. The van der Waals surface area contributed by atoms with E-state index in [4.69, 9.17) is 10.00 Å². The van der Waals surface area contributed by atoms with Gasteiger partial charge in [-0.3, -0.25) is 4.57 Å². The summed E-state index contributed by atoms with van der Waals surface area (Å²) in [5.41, 5.74) is 0. The summed E-state index contributed by atoms with van der Waals surface area (Å²) < 4.78 is 35.2. The molecule has 0 spiro atoms. The predicted molar refractivity (Wildman–Crippen MR) is 24.0 cm³/mol. The van der Waals surface area contributed by atoms with Crippen molar-refractivity contribution >= 4 is 7.60 Å². The second-order valence-electron chi connectivity index (χ2n) is 1.14. The van der Waals surface area contributed by atoms with Crippen molar-refractivity contribution in [1.29, 1.82) is 0 Å². The van der Waals surface area contributed by atoms with Gasteiger partial charge in [0, 0.05) is 0 Å². The number of hydrogen-bond acceptors (Lipinski definition) is 3. The van der Waals surface area contributed by atoms with Crippen LogP contribution in [0.25, 0.3) is 0 Å². The molecule has 2 N–H and O–H groups in total. The van der Waals surface area contributed by atoms with Crippen LogP contribution in [-0.4, -0.2) is 23.0 Å². The van der Waals surface area contributed by atoms with Crippen LogP contribution in [0.15, 0.2) is 0 Å². The van der Waals surface area contributed by atoms with Crippen LogP contribution in [-0.2, 0) is 9.09 Å². The Morgan fingerprint density at radius 1 is 1.67 bits per heavy atom. The molecule has 4 nitrogen and oxygen atoms in total. The lowest BCUT2D eigenvalue weighted by Gasteiger charge is -2.06. The van der Waals surface area contributed by atoms with Crippen LogP contribution < -0.4 is 0 Å². The summed E-state index contributed by atoms with van der Waals surface area (Å²) in [6, 6.07) is 0. The molecule has 0 amide bonds. The fourth-order valence-electron chi connectivity index (χ4n) is 0.158. The summed E-state index contributed by atoms with van der Waals surface area (Å²) in [6.07, 6.45) is -1.29. The summed E-state index contributed by atoms with van der Waals surface area (Å²) in [7, 11) is -4.42. The monoisotopic (exact) mass is 162 g/mol. The Kier molecular flexibility index (Phi) is 3.21. The molecule has 0 aromatic heterocycles. The van der Waals surface area contributed by atoms with Crippen molar-refractivity contribution in [2.45, 2.75) is 6.61 Å². The number of alkyl halides is 2. The quantitative estimate of drug-likeness (QED) is 0.588. The molecule has 0 bridgehead atoms. The molecule has 56 valence electrons. The molecule has 7 heteroatoms. The minimum absolute atomic E-state index is 1.29. The number of aliphatic hydroxyl groups is 1. The van der Waals surface area contributed by atoms with Crippen molar-refractivity contribution in [3.05, 3.63) is 0 Å². The van der Waals surface area contributed by atoms with Gasteiger partial charge in [0.1, 0.15) is 6.35 Å². The van der Waals surface area contributed by atoms with Crippen molar-refractivity contribution in [1.82, 2.24) is 0 Å². The summed E-state index contributed by atoms with van der Waals surface area (Å²) in [6.45, 7) is -3.33. The van der Waals surface area contributed by atoms with Crippen molar-refractivity contribution < 1.29 is 27.9 Å². The van der Waals surface area contributed by atoms with Gasteiger partial charge in [0.15, 0.2) is 0 Å². The van der Waals surface area contributed by atoms with Crippen LogP contribution in [0.3, 0.4) is 0 Å². The van der Waals surface area contributed by atoms with E-state index >= 15 is 0 Å². The van der Waals surface area contributed by atoms with Crippen LogP contribution in [0.2, 0.25) is 0 Å². The molecule has 0 heterocycles. The number of rotatable bonds is 3. The Labute approximate surface area is 49.6 Å². The highest BCUT2D eigenvalue weighted by atomic mass is 31.2. The van der Waals surface area contributed by atoms with E-state index in [0.29, 0.717) is 0 Å². The minimum Gasteiger partial charge on any atom is -0.384 e. The second kappa shape index (κ2) is 3.22. The van der Waals surface area contributed by atoms with Crippen molar-refractivity contribution in [3.63, 3.8) is 0 Å². The Morgan fingerprint density at radius 3 is 2.22 bits per heavy atom. The van der Waals surface area contributed by atoms with Gasteiger partial charge in [-0.25, -0.2) is 4.52 Å². The highest BCUT2D eigenvalue weighted by molar-refractivity contribution is 7.52. The molecular weight excluding hydrogens is 157 g/mol. The fraction of sp³-hybridized carbons (Fsp3) is 1.00. The lowest BCUT2D eigenvalue weighted by atomic mass is 11.5. The van der Waals surface area contributed by atoms with Gasteiger partial charge in [0.2, 0.25) is 0 Å². The zero-order chi connectivity index (χ0) is 7.49. The number of halogens is 2. The Hall–Kier alpha value is -0.0300. The van der Waals surface area contributed by atoms with E-state index in [0.717, 1.165) is 0 Å². The average Bonchev–Trinajstić information content (AvgIpc) is 1.63. The first-order valence-corrected chi connectivity index (χ1v) is 3.63. The van der Waals surface area contributed by atoms with Gasteiger partial charge in [-0.05, 0) is 0 Å². The van der Waals surface area contributed by atoms with Crippen LogP contribution in [0, 0.1) is 0 Å². The predicted octanol–water partition coefficient (Wildman–Crippen LogP) is 0.361. The molecule has 0 saturated heterocycles. The van der Waals surface area contributed by atoms with Gasteiger partial charge in [-0.2, -0.15) is 8.78 Å². The topological polar surface area (TPSA) is 66.8 Å². The lowest BCUT2D eigenvalue weighted by Crippen LogP contribution is -1.99. The minimum atomic E-state index is -4.42. The van der Waals surface area contributed by atoms with Crippen LogP contribution >= 0.6 is 7.60 Å². The molecule has 9 heavy (non-hydrogen) atoms. The first kappa shape index (κ1) is 8.97. The Balaban J connectivity index is 3.73. The van der Waals surface area contributed by atoms with E-state index in [9.17, 15) is 13.3 Å². The molecule has 0 aromatic carbocycles. The van der Waals surface area contributed by atoms with Gasteiger partial charge >= 0.3 is 14.2 Å². The van der Waals surface area contributed by atoms with Crippen molar-refractivity contribution in [2.24, 2.45) is 0 Å². The molecule has 0 fully saturated rings. The first-order valence-electron chi connectivity index (χ1n) is 1.87. The highest BCUT2D eigenvalue weighted by Crippen LogP contribution is 2.42. The maximum absolute atomic E-state index is 11.1. The Bertz CT molecular complexity index is 126. The molecule has 1 unspecified atom stereocenters. The summed E-state index contributed by atoms with van der Waals surface area (Å²) in [5, 5.41) is 7.87. The SMILES string of the molecule is O=P(O)(CO)OC(F)F. The third-order valence-corrected chi connectivity index (χ3v) is 1.27. The molecular formula is C2H5F2O4P. The van der Waals surface area contributed by atoms with E-state index in [1.807, 2.05) is 0 Å². The maximum atomic E-state index is 11.1. The zero-order valence-corrected chi connectivity index (χ0v) is 5.09. The summed E-state index contributed by atoms with van der Waals surface area (Å²) in [5.74, 6) is 0. The normalized spacial score (nSPS) is 17.9. The largest absolute Gasteiger partial charge is 0.384 e. The Morgan fingerprint density at radius 2 is 2.11 bits per heavy atom. The van der Waals surface area contributed by atoms with E-state index in [1.54, 1.807) is 0 Å². The zero-order valence-electron chi connectivity index (χ0n) is 4.20. The fourth-order valence-corrected chi connectivity index (χ4v) is 0.474. The van der Waals surface area contributed by atoms with Crippen molar-refractivity contribution in [2.75, 3.05) is 6.35 Å². The number of hydrogen-bond donors (Lipinski definition) is 2. The number of aliphatic hydroxyl groups excluding tert-OH is 1. The summed E-state index contributed by atoms with van der Waals surface area (Å²) >= 11 is 0. The molecule has 0 saturated carbocycles. The van der Waals surface area contributed by atoms with E-state index in [1.165, 1.54) is 0 Å². The van der Waals surface area contributed by atoms with Gasteiger partial charge in [0.05, 0.1) is 0 Å². The van der Waals surface area contributed by atoms with Crippen LogP contribution in [0.4, 0.5) is 8.78 Å². The van der Waals surface area contributed by atoms with Gasteiger partial charge < -0.3 is 10.00 Å². The lowest BCUT2D eigenvalue weighted by molar-refractivity contribution is -0.0583.